The van der Waals surface area contributed by atoms with Crippen LogP contribution in [0, 0.1) is 0 Å². The van der Waals surface area contributed by atoms with Gasteiger partial charge in [0, 0.05) is 0 Å². The van der Waals surface area contributed by atoms with Crippen LogP contribution in [-0.4, -0.2) is 47.2 Å². The highest BCUT2D eigenvalue weighted by Gasteiger charge is 2.23. The number of hydrogen-bond donors (Lipinski definition) is 3. The number of hydrogen-bond acceptors (Lipinski definition) is 5. The number of benzene rings is 1. The van der Waals surface area contributed by atoms with E-state index in [4.69, 9.17) is 9.84 Å². The minimum Gasteiger partial charge on any atom is -0.480 e. The molecule has 3 N–H and O–H groups in total. The van der Waals surface area contributed by atoms with E-state index >= 15 is 0 Å². The van der Waals surface area contributed by atoms with E-state index in [0.717, 1.165) is 5.56 Å². The highest BCUT2D eigenvalue weighted by molar-refractivity contribution is 7.98. The van der Waals surface area contributed by atoms with E-state index in [9.17, 15) is 14.4 Å². The summed E-state index contributed by atoms with van der Waals surface area (Å²) in [6, 6.07) is 7.25. The molecular weight excluding hydrogens is 332 g/mol. The number of carbonyl (C=O) groups is 3. The number of rotatable bonds is 9. The van der Waals surface area contributed by atoms with Gasteiger partial charge in [-0.25, -0.2) is 9.59 Å². The van der Waals surface area contributed by atoms with Crippen LogP contribution >= 0.6 is 11.8 Å². The first-order valence-electron chi connectivity index (χ1n) is 7.43. The Morgan fingerprint density at radius 2 is 1.88 bits per heavy atom. The summed E-state index contributed by atoms with van der Waals surface area (Å²) in [6.45, 7) is 1.55. The molecule has 0 unspecified atom stereocenters. The second kappa shape index (κ2) is 10.5. The zero-order valence-electron chi connectivity index (χ0n) is 13.7. The summed E-state index contributed by atoms with van der Waals surface area (Å²) in [5.41, 5.74) is 0.827. The van der Waals surface area contributed by atoms with Crippen LogP contribution in [0.25, 0.3) is 0 Å². The van der Waals surface area contributed by atoms with Crippen LogP contribution in [0.15, 0.2) is 30.3 Å². The molecule has 0 fully saturated rings. The van der Waals surface area contributed by atoms with Gasteiger partial charge in [-0.2, -0.15) is 11.8 Å². The van der Waals surface area contributed by atoms with Gasteiger partial charge in [0.1, 0.15) is 18.7 Å². The van der Waals surface area contributed by atoms with Crippen LogP contribution in [0.1, 0.15) is 18.9 Å². The van der Waals surface area contributed by atoms with Crippen molar-refractivity contribution in [2.45, 2.75) is 32.0 Å². The summed E-state index contributed by atoms with van der Waals surface area (Å²) >= 11 is 1.49. The molecule has 0 aliphatic carbocycles. The highest BCUT2D eigenvalue weighted by Crippen LogP contribution is 2.03. The summed E-state index contributed by atoms with van der Waals surface area (Å²) < 4.78 is 5.02. The second-order valence-corrected chi connectivity index (χ2v) is 6.09. The monoisotopic (exact) mass is 354 g/mol. The Kier molecular flexibility index (Phi) is 8.70. The van der Waals surface area contributed by atoms with Crippen LogP contribution < -0.4 is 10.6 Å². The molecule has 24 heavy (non-hydrogen) atoms. The summed E-state index contributed by atoms with van der Waals surface area (Å²) in [5, 5.41) is 13.9. The van der Waals surface area contributed by atoms with Gasteiger partial charge in [0.05, 0.1) is 0 Å². The zero-order chi connectivity index (χ0) is 17.9. The standard InChI is InChI=1S/C16H22N2O5S/c1-11(14(19)18-13(15(20)21)8-9-24-2)17-16(22)23-10-12-6-4-3-5-7-12/h3-7,11,13H,8-10H2,1-2H3,(H,17,22)(H,18,19)(H,20,21)/t11-,13-/m1/s1. The van der Waals surface area contributed by atoms with Crippen LogP contribution in [-0.2, 0) is 20.9 Å². The van der Waals surface area contributed by atoms with E-state index in [-0.39, 0.29) is 6.61 Å². The molecule has 0 aliphatic heterocycles. The van der Waals surface area contributed by atoms with E-state index in [1.807, 2.05) is 36.6 Å². The molecular formula is C16H22N2O5S. The van der Waals surface area contributed by atoms with Gasteiger partial charge in [-0.15, -0.1) is 0 Å². The van der Waals surface area contributed by atoms with Crippen molar-refractivity contribution in [3.63, 3.8) is 0 Å². The summed E-state index contributed by atoms with van der Waals surface area (Å²) in [7, 11) is 0. The number of carbonyl (C=O) groups excluding carboxylic acids is 2. The van der Waals surface area contributed by atoms with Gasteiger partial charge in [-0.1, -0.05) is 30.3 Å². The van der Waals surface area contributed by atoms with E-state index < -0.39 is 30.1 Å². The Morgan fingerprint density at radius 3 is 2.46 bits per heavy atom. The first-order chi connectivity index (χ1) is 11.4. The lowest BCUT2D eigenvalue weighted by atomic mass is 10.2. The van der Waals surface area contributed by atoms with Crippen molar-refractivity contribution < 1.29 is 24.2 Å². The number of ether oxygens (including phenoxy) is 1. The highest BCUT2D eigenvalue weighted by atomic mass is 32.2. The number of alkyl carbamates (subject to hydrolysis) is 1. The topological polar surface area (TPSA) is 105 Å². The van der Waals surface area contributed by atoms with Gasteiger partial charge >= 0.3 is 12.1 Å². The Balaban J connectivity index is 2.41. The molecule has 2 atom stereocenters. The van der Waals surface area contributed by atoms with Crippen molar-refractivity contribution in [1.82, 2.24) is 10.6 Å². The van der Waals surface area contributed by atoms with E-state index in [2.05, 4.69) is 10.6 Å². The lowest BCUT2D eigenvalue weighted by Gasteiger charge is -2.18. The molecule has 1 aromatic rings. The van der Waals surface area contributed by atoms with Gasteiger partial charge in [0.25, 0.3) is 0 Å². The fourth-order valence-electron chi connectivity index (χ4n) is 1.80. The Morgan fingerprint density at radius 1 is 1.21 bits per heavy atom. The van der Waals surface area contributed by atoms with Gasteiger partial charge in [0.2, 0.25) is 5.91 Å². The number of amides is 2. The van der Waals surface area contributed by atoms with Gasteiger partial charge in [-0.05, 0) is 30.9 Å². The summed E-state index contributed by atoms with van der Waals surface area (Å²) in [6.07, 6.45) is 1.43. The molecule has 1 aromatic carbocycles. The smallest absolute Gasteiger partial charge is 0.408 e. The molecule has 0 saturated carbocycles. The van der Waals surface area contributed by atoms with Gasteiger partial charge in [0.15, 0.2) is 0 Å². The van der Waals surface area contributed by atoms with E-state index in [1.165, 1.54) is 18.7 Å². The average molecular weight is 354 g/mol. The van der Waals surface area contributed by atoms with Gasteiger partial charge in [-0.3, -0.25) is 4.79 Å². The molecule has 8 heteroatoms. The van der Waals surface area contributed by atoms with Gasteiger partial charge < -0.3 is 20.5 Å². The quantitative estimate of drug-likeness (QED) is 0.622. The lowest BCUT2D eigenvalue weighted by Crippen LogP contribution is -2.50. The molecule has 0 heterocycles. The minimum absolute atomic E-state index is 0.0898. The predicted octanol–water partition coefficient (Wildman–Crippen LogP) is 1.62. The lowest BCUT2D eigenvalue weighted by molar-refractivity contribution is -0.142. The van der Waals surface area contributed by atoms with Crippen molar-refractivity contribution in [1.29, 1.82) is 0 Å². The molecule has 0 spiro atoms. The van der Waals surface area contributed by atoms with E-state index in [0.29, 0.717) is 12.2 Å². The Labute approximate surface area is 145 Å². The number of nitrogens with one attached hydrogen (secondary N) is 2. The first kappa shape index (κ1) is 19.8. The molecule has 0 radical (unpaired) electrons. The SMILES string of the molecule is CSCC[C@@H](NC(=O)[C@@H](C)NC(=O)OCc1ccccc1)C(=O)O. The normalized spacial score (nSPS) is 12.8. The molecule has 0 saturated heterocycles. The number of carboxylic acid groups (broad SMARTS) is 1. The average Bonchev–Trinajstić information content (AvgIpc) is 2.57. The fraction of sp³-hybridized carbons (Fsp3) is 0.438. The zero-order valence-corrected chi connectivity index (χ0v) is 14.5. The molecule has 7 nitrogen and oxygen atoms in total. The van der Waals surface area contributed by atoms with Crippen LogP contribution in [0.4, 0.5) is 4.79 Å². The number of thioether (sulfide) groups is 1. The largest absolute Gasteiger partial charge is 0.480 e. The fourth-order valence-corrected chi connectivity index (χ4v) is 2.27. The summed E-state index contributed by atoms with van der Waals surface area (Å²) in [4.78, 5) is 34.8. The Hall–Kier alpha value is -2.22. The van der Waals surface area contributed by atoms with Crippen LogP contribution in [0.5, 0.6) is 0 Å². The third-order valence-corrected chi connectivity index (χ3v) is 3.81. The third-order valence-electron chi connectivity index (χ3n) is 3.17. The molecule has 0 aromatic heterocycles. The van der Waals surface area contributed by atoms with Crippen molar-refractivity contribution in [3.05, 3.63) is 35.9 Å². The second-order valence-electron chi connectivity index (χ2n) is 5.11. The first-order valence-corrected chi connectivity index (χ1v) is 8.82. The Bertz CT molecular complexity index is 553. The third kappa shape index (κ3) is 7.36. The predicted molar refractivity (Wildman–Crippen MR) is 91.8 cm³/mol. The summed E-state index contributed by atoms with van der Waals surface area (Å²) in [5.74, 6) is -1.06. The van der Waals surface area contributed by atoms with E-state index in [1.54, 1.807) is 0 Å². The van der Waals surface area contributed by atoms with Crippen molar-refractivity contribution in [2.24, 2.45) is 0 Å². The molecule has 0 bridgehead atoms. The molecule has 2 amide bonds. The maximum absolute atomic E-state index is 12.0. The van der Waals surface area contributed by atoms with Crippen molar-refractivity contribution in [2.75, 3.05) is 12.0 Å². The number of aliphatic carboxylic acids is 1. The van der Waals surface area contributed by atoms with Crippen LogP contribution in [0.3, 0.4) is 0 Å². The van der Waals surface area contributed by atoms with Crippen LogP contribution in [0.2, 0.25) is 0 Å². The maximum atomic E-state index is 12.0. The minimum atomic E-state index is -1.10. The maximum Gasteiger partial charge on any atom is 0.408 e. The molecule has 1 rings (SSSR count). The molecule has 132 valence electrons. The molecule has 0 aliphatic rings. The number of carboxylic acids is 1. The van der Waals surface area contributed by atoms with Crippen molar-refractivity contribution >= 4 is 29.7 Å². The van der Waals surface area contributed by atoms with Crippen molar-refractivity contribution in [3.8, 4) is 0 Å².